The monoisotopic (exact) mass is 297 g/mol. The van der Waals surface area contributed by atoms with Crippen LogP contribution in [0.5, 0.6) is 11.5 Å². The zero-order chi connectivity index (χ0) is 15.4. The first kappa shape index (κ1) is 15.0. The van der Waals surface area contributed by atoms with Crippen molar-refractivity contribution in [2.75, 3.05) is 19.5 Å². The van der Waals surface area contributed by atoms with Gasteiger partial charge in [-0.3, -0.25) is 0 Å². The molecule has 0 spiro atoms. The smallest absolute Gasteiger partial charge is 0.194 e. The molecular weight excluding hydrogens is 283 g/mol. The van der Waals surface area contributed by atoms with Gasteiger partial charge in [0.1, 0.15) is 0 Å². The number of hydrogen-bond acceptors (Lipinski definition) is 3. The van der Waals surface area contributed by atoms with E-state index in [4.69, 9.17) is 9.47 Å². The highest BCUT2D eigenvalue weighted by Gasteiger charge is 2.10. The molecule has 3 nitrogen and oxygen atoms in total. The molecule has 2 rings (SSSR count). The number of benzene rings is 2. The number of hydrogen-bond donors (Lipinski definition) is 1. The predicted molar refractivity (Wildman–Crippen MR) is 73.2 cm³/mol. The van der Waals surface area contributed by atoms with Crippen LogP contribution in [0.2, 0.25) is 0 Å². The quantitative estimate of drug-likeness (QED) is 0.853. The third-order valence-electron chi connectivity index (χ3n) is 2.93. The van der Waals surface area contributed by atoms with Gasteiger partial charge in [0.25, 0.3) is 0 Å². The van der Waals surface area contributed by atoms with Crippen molar-refractivity contribution < 1.29 is 22.6 Å². The van der Waals surface area contributed by atoms with Crippen LogP contribution < -0.4 is 14.8 Å². The fourth-order valence-electron chi connectivity index (χ4n) is 1.85. The standard InChI is InChI=1S/C15H14F3NO2/c1-20-13-4-3-9(5-14(13)21-2)8-19-10-6-11(16)15(18)12(17)7-10/h3-7,19H,8H2,1-2H3. The molecule has 0 saturated carbocycles. The highest BCUT2D eigenvalue weighted by atomic mass is 19.2. The molecule has 0 unspecified atom stereocenters. The number of nitrogens with one attached hydrogen (secondary N) is 1. The van der Waals surface area contributed by atoms with Crippen LogP contribution in [0.3, 0.4) is 0 Å². The first-order chi connectivity index (χ1) is 10.0. The summed E-state index contributed by atoms with van der Waals surface area (Å²) in [6.07, 6.45) is 0. The normalized spacial score (nSPS) is 10.3. The minimum atomic E-state index is -1.48. The van der Waals surface area contributed by atoms with Crippen LogP contribution in [0.15, 0.2) is 30.3 Å². The molecule has 0 aromatic heterocycles. The topological polar surface area (TPSA) is 30.5 Å². The van der Waals surface area contributed by atoms with Crippen LogP contribution in [0.4, 0.5) is 18.9 Å². The fraction of sp³-hybridized carbons (Fsp3) is 0.200. The van der Waals surface area contributed by atoms with E-state index in [0.29, 0.717) is 18.0 Å². The van der Waals surface area contributed by atoms with Gasteiger partial charge in [0.05, 0.1) is 14.2 Å². The van der Waals surface area contributed by atoms with Crippen molar-refractivity contribution in [3.8, 4) is 11.5 Å². The van der Waals surface area contributed by atoms with Gasteiger partial charge >= 0.3 is 0 Å². The molecule has 0 atom stereocenters. The molecule has 0 saturated heterocycles. The highest BCUT2D eigenvalue weighted by molar-refractivity contribution is 5.47. The molecule has 0 radical (unpaired) electrons. The molecule has 6 heteroatoms. The maximum Gasteiger partial charge on any atom is 0.194 e. The summed E-state index contributed by atoms with van der Waals surface area (Å²) in [4.78, 5) is 0. The average Bonchev–Trinajstić information content (AvgIpc) is 2.50. The lowest BCUT2D eigenvalue weighted by atomic mass is 10.2. The van der Waals surface area contributed by atoms with Crippen LogP contribution in [-0.2, 0) is 6.54 Å². The summed E-state index contributed by atoms with van der Waals surface area (Å²) in [6.45, 7) is 0.296. The average molecular weight is 297 g/mol. The Morgan fingerprint density at radius 1 is 0.905 bits per heavy atom. The maximum absolute atomic E-state index is 13.1. The van der Waals surface area contributed by atoms with E-state index < -0.39 is 17.5 Å². The van der Waals surface area contributed by atoms with E-state index in [-0.39, 0.29) is 5.69 Å². The Kier molecular flexibility index (Phi) is 4.57. The third kappa shape index (κ3) is 3.39. The van der Waals surface area contributed by atoms with Gasteiger partial charge in [0.2, 0.25) is 0 Å². The van der Waals surface area contributed by atoms with Gasteiger partial charge in [-0.2, -0.15) is 0 Å². The van der Waals surface area contributed by atoms with E-state index in [1.165, 1.54) is 14.2 Å². The van der Waals surface area contributed by atoms with E-state index in [9.17, 15) is 13.2 Å². The largest absolute Gasteiger partial charge is 0.493 e. The number of halogens is 3. The minimum absolute atomic E-state index is 0.154. The molecule has 2 aromatic carbocycles. The fourth-order valence-corrected chi connectivity index (χ4v) is 1.85. The number of anilines is 1. The lowest BCUT2D eigenvalue weighted by Crippen LogP contribution is -2.02. The Hall–Kier alpha value is -2.37. The molecule has 0 aliphatic heterocycles. The summed E-state index contributed by atoms with van der Waals surface area (Å²) < 4.78 is 49.3. The summed E-state index contributed by atoms with van der Waals surface area (Å²) in [7, 11) is 3.04. The van der Waals surface area contributed by atoms with Gasteiger partial charge in [-0.15, -0.1) is 0 Å². The molecule has 112 valence electrons. The van der Waals surface area contributed by atoms with Crippen molar-refractivity contribution in [2.45, 2.75) is 6.54 Å². The Balaban J connectivity index is 2.13. The molecule has 0 aliphatic rings. The van der Waals surface area contributed by atoms with Crippen LogP contribution in [-0.4, -0.2) is 14.2 Å². The molecule has 0 heterocycles. The molecule has 1 N–H and O–H groups in total. The molecule has 21 heavy (non-hydrogen) atoms. The van der Waals surface area contributed by atoms with Crippen LogP contribution in [0, 0.1) is 17.5 Å². The molecule has 0 fully saturated rings. The highest BCUT2D eigenvalue weighted by Crippen LogP contribution is 2.28. The summed E-state index contributed by atoms with van der Waals surface area (Å²) >= 11 is 0. The summed E-state index contributed by atoms with van der Waals surface area (Å²) in [5, 5.41) is 2.82. The van der Waals surface area contributed by atoms with Crippen LogP contribution in [0.1, 0.15) is 5.56 Å². The third-order valence-corrected chi connectivity index (χ3v) is 2.93. The predicted octanol–water partition coefficient (Wildman–Crippen LogP) is 3.73. The Bertz CT molecular complexity index is 624. The lowest BCUT2D eigenvalue weighted by molar-refractivity contribution is 0.354. The zero-order valence-corrected chi connectivity index (χ0v) is 11.5. The van der Waals surface area contributed by atoms with E-state index in [0.717, 1.165) is 17.7 Å². The van der Waals surface area contributed by atoms with Gasteiger partial charge < -0.3 is 14.8 Å². The Labute approximate surface area is 120 Å². The zero-order valence-electron chi connectivity index (χ0n) is 11.5. The summed E-state index contributed by atoms with van der Waals surface area (Å²) in [5.41, 5.74) is 0.971. The maximum atomic E-state index is 13.1. The summed E-state index contributed by atoms with van der Waals surface area (Å²) in [6, 6.07) is 7.05. The number of methoxy groups -OCH3 is 2. The van der Waals surface area contributed by atoms with Crippen LogP contribution in [0.25, 0.3) is 0 Å². The van der Waals surface area contributed by atoms with Crippen molar-refractivity contribution in [1.82, 2.24) is 0 Å². The van der Waals surface area contributed by atoms with Crippen molar-refractivity contribution in [3.05, 3.63) is 53.3 Å². The Morgan fingerprint density at radius 2 is 1.52 bits per heavy atom. The van der Waals surface area contributed by atoms with E-state index >= 15 is 0 Å². The second kappa shape index (κ2) is 6.39. The second-order valence-corrected chi connectivity index (χ2v) is 4.30. The van der Waals surface area contributed by atoms with Crippen molar-refractivity contribution in [1.29, 1.82) is 0 Å². The molecule has 2 aromatic rings. The first-order valence-corrected chi connectivity index (χ1v) is 6.14. The van der Waals surface area contributed by atoms with Crippen molar-refractivity contribution >= 4 is 5.69 Å². The van der Waals surface area contributed by atoms with Crippen LogP contribution >= 0.6 is 0 Å². The molecule has 0 aliphatic carbocycles. The van der Waals surface area contributed by atoms with Gasteiger partial charge in [-0.25, -0.2) is 13.2 Å². The van der Waals surface area contributed by atoms with E-state index in [1.807, 2.05) is 0 Å². The molecule has 0 bridgehead atoms. The first-order valence-electron chi connectivity index (χ1n) is 6.14. The summed E-state index contributed by atoms with van der Waals surface area (Å²) in [5.74, 6) is -2.81. The van der Waals surface area contributed by atoms with Gasteiger partial charge in [0, 0.05) is 24.4 Å². The lowest BCUT2D eigenvalue weighted by Gasteiger charge is -2.11. The number of ether oxygens (including phenoxy) is 2. The van der Waals surface area contributed by atoms with E-state index in [2.05, 4.69) is 5.32 Å². The van der Waals surface area contributed by atoms with Crippen molar-refractivity contribution in [3.63, 3.8) is 0 Å². The second-order valence-electron chi connectivity index (χ2n) is 4.30. The van der Waals surface area contributed by atoms with Gasteiger partial charge in [-0.1, -0.05) is 6.07 Å². The van der Waals surface area contributed by atoms with Gasteiger partial charge in [-0.05, 0) is 17.7 Å². The van der Waals surface area contributed by atoms with E-state index in [1.54, 1.807) is 18.2 Å². The Morgan fingerprint density at radius 3 is 2.10 bits per heavy atom. The molecular formula is C15H14F3NO2. The van der Waals surface area contributed by atoms with Gasteiger partial charge in [0.15, 0.2) is 29.0 Å². The number of rotatable bonds is 5. The minimum Gasteiger partial charge on any atom is -0.493 e. The molecule has 0 amide bonds. The van der Waals surface area contributed by atoms with Crippen molar-refractivity contribution in [2.24, 2.45) is 0 Å². The SMILES string of the molecule is COc1ccc(CNc2cc(F)c(F)c(F)c2)cc1OC.